The zero-order chi connectivity index (χ0) is 56.9. The second kappa shape index (κ2) is 53.3. The zero-order valence-electron chi connectivity index (χ0n) is 48.4. The third-order valence-corrected chi connectivity index (χ3v) is 15.0. The number of amides is 5. The molecule has 0 fully saturated rings. The number of nitrogens with two attached hydrogens (primary N) is 1. The number of unbranched alkanes of at least 4 members (excludes halogenated alkanes) is 28. The van der Waals surface area contributed by atoms with Crippen LogP contribution in [0.1, 0.15) is 232 Å². The summed E-state index contributed by atoms with van der Waals surface area (Å²) in [6, 6.07) is -0.817. The number of alkyl carbamates (subject to hydrolysis) is 2. The van der Waals surface area contributed by atoms with Crippen LogP contribution < -0.4 is 32.3 Å². The summed E-state index contributed by atoms with van der Waals surface area (Å²) in [4.78, 5) is 76.1. The van der Waals surface area contributed by atoms with Crippen molar-refractivity contribution in [2.75, 3.05) is 71.2 Å². The van der Waals surface area contributed by atoms with Gasteiger partial charge >= 0.3 is 18.2 Å². The van der Waals surface area contributed by atoms with Gasteiger partial charge in [0.25, 0.3) is 0 Å². The van der Waals surface area contributed by atoms with E-state index in [1.807, 2.05) is 0 Å². The first-order valence-electron chi connectivity index (χ1n) is 30.2. The summed E-state index contributed by atoms with van der Waals surface area (Å²) in [5, 5.41) is 42.9. The number of aliphatic hydroxyl groups is 3. The van der Waals surface area contributed by atoms with Crippen molar-refractivity contribution >= 4 is 47.6 Å². The van der Waals surface area contributed by atoms with Gasteiger partial charge < -0.3 is 61.8 Å². The highest BCUT2D eigenvalue weighted by Crippen LogP contribution is 2.19. The van der Waals surface area contributed by atoms with Crippen LogP contribution in [0.4, 0.5) is 9.59 Å². The number of nitrogens with one attached hydrogen (secondary N) is 5. The summed E-state index contributed by atoms with van der Waals surface area (Å²) >= 11 is 1.26. The van der Waals surface area contributed by atoms with Crippen LogP contribution in [0.25, 0.3) is 0 Å². The van der Waals surface area contributed by atoms with Crippen LogP contribution in [-0.2, 0) is 33.4 Å². The Morgan fingerprint density at radius 1 is 0.571 bits per heavy atom. The maximum absolute atomic E-state index is 13.3. The van der Waals surface area contributed by atoms with Gasteiger partial charge in [0.15, 0.2) is 6.10 Å². The molecule has 451 valence electrons. The summed E-state index contributed by atoms with van der Waals surface area (Å²) in [6.45, 7) is 3.04. The molecule has 3 atom stereocenters. The van der Waals surface area contributed by atoms with Crippen LogP contribution in [-0.4, -0.2) is 140 Å². The van der Waals surface area contributed by atoms with Gasteiger partial charge in [-0.2, -0.15) is 11.8 Å². The van der Waals surface area contributed by atoms with Crippen LogP contribution in [0.5, 0.6) is 0 Å². The van der Waals surface area contributed by atoms with Crippen LogP contribution in [0.3, 0.4) is 0 Å². The van der Waals surface area contributed by atoms with Crippen LogP contribution >= 0.6 is 11.8 Å². The first-order chi connectivity index (χ1) is 37.4. The average molecular weight is 1120 g/mol. The highest BCUT2D eigenvalue weighted by Gasteiger charge is 2.33. The molecule has 19 heteroatoms. The number of hydrogen-bond acceptors (Lipinski definition) is 14. The third kappa shape index (κ3) is 45.1. The van der Waals surface area contributed by atoms with Crippen molar-refractivity contribution < 1.29 is 58.3 Å². The summed E-state index contributed by atoms with van der Waals surface area (Å²) in [5.74, 6) is -2.46. The number of aliphatic hydroxyl groups excluding tert-OH is 3. The molecule has 0 aliphatic heterocycles. The van der Waals surface area contributed by atoms with Gasteiger partial charge in [0, 0.05) is 43.5 Å². The molecule has 0 spiro atoms. The highest BCUT2D eigenvalue weighted by molar-refractivity contribution is 7.99. The summed E-state index contributed by atoms with van der Waals surface area (Å²) < 4.78 is 15.7. The van der Waals surface area contributed by atoms with E-state index in [-0.39, 0.29) is 50.0 Å². The molecule has 0 aromatic carbocycles. The predicted octanol–water partition coefficient (Wildman–Crippen LogP) is 9.23. The lowest BCUT2D eigenvalue weighted by atomic mass is 9.99. The number of carbonyl (C=O) groups is 6. The minimum atomic E-state index is -1.68. The first-order valence-corrected chi connectivity index (χ1v) is 31.3. The van der Waals surface area contributed by atoms with Crippen LogP contribution in [0, 0.1) is 12.3 Å². The minimum absolute atomic E-state index is 0.0173. The fraction of sp³-hybridized carbons (Fsp3) is 0.879. The van der Waals surface area contributed by atoms with Gasteiger partial charge in [-0.3, -0.25) is 19.2 Å². The largest absolute Gasteiger partial charge is 0.468 e. The van der Waals surface area contributed by atoms with Crippen molar-refractivity contribution in [2.24, 2.45) is 11.7 Å². The quantitative estimate of drug-likeness (QED) is 0.0156. The highest BCUT2D eigenvalue weighted by atomic mass is 32.2. The lowest BCUT2D eigenvalue weighted by Gasteiger charge is -2.30. The molecular formula is C58H111N6O12S. The van der Waals surface area contributed by atoms with Crippen molar-refractivity contribution in [1.82, 2.24) is 26.6 Å². The van der Waals surface area contributed by atoms with Gasteiger partial charge in [-0.25, -0.2) is 9.59 Å². The molecule has 0 saturated carbocycles. The molecule has 1 radical (unpaired) electrons. The lowest BCUT2D eigenvalue weighted by Crippen LogP contribution is -2.58. The molecule has 77 heavy (non-hydrogen) atoms. The van der Waals surface area contributed by atoms with Crippen molar-refractivity contribution in [1.29, 1.82) is 0 Å². The van der Waals surface area contributed by atoms with Gasteiger partial charge in [-0.1, -0.05) is 194 Å². The van der Waals surface area contributed by atoms with E-state index >= 15 is 0 Å². The number of thioether (sulfide) groups is 1. The standard InChI is InChI=1S/C58H111N6O12S/c1-4-6-8-10-12-14-16-18-20-22-24-26-28-30-32-39-61-56(72)75-44-50(76-57(73)62-40-33-31-29-27-25-23-21-19-17-15-13-11-9-7-5-2)43-63-53(69)38-42-77-45-49(54(70)64-58(46-65,47-66)48-67)36-37-52(68)60-41-34-35-51(59)55(71)74-3/h37,49-51,65-67H,4-36,38-48,59H2,1-3H3,(H,60,68)(H,61,72)(H,62,73)(H,63,69)(H,64,70). The number of carbonyl (C=O) groups excluding carboxylic acids is 6. The molecular weight excluding hydrogens is 1000 g/mol. The molecule has 0 heterocycles. The number of ether oxygens (including phenoxy) is 3. The van der Waals surface area contributed by atoms with E-state index in [2.05, 4.69) is 45.2 Å². The molecule has 0 aliphatic carbocycles. The molecule has 0 aliphatic rings. The molecule has 5 amide bonds. The van der Waals surface area contributed by atoms with E-state index in [1.165, 1.54) is 179 Å². The number of methoxy groups -OCH3 is 1. The van der Waals surface area contributed by atoms with Gasteiger partial charge in [-0.15, -0.1) is 0 Å². The van der Waals surface area contributed by atoms with Gasteiger partial charge in [0.05, 0.1) is 39.9 Å². The minimum Gasteiger partial charge on any atom is -0.468 e. The van der Waals surface area contributed by atoms with E-state index in [9.17, 15) is 44.1 Å². The Morgan fingerprint density at radius 2 is 1.00 bits per heavy atom. The Kier molecular flexibility index (Phi) is 50.9. The van der Waals surface area contributed by atoms with Crippen molar-refractivity contribution in [2.45, 2.75) is 250 Å². The Labute approximate surface area is 469 Å². The molecule has 0 aromatic heterocycles. The smallest absolute Gasteiger partial charge is 0.407 e. The maximum Gasteiger partial charge on any atom is 0.407 e. The monoisotopic (exact) mass is 1120 g/mol. The van der Waals surface area contributed by atoms with Crippen molar-refractivity contribution in [3.05, 3.63) is 6.42 Å². The number of esters is 1. The Balaban J connectivity index is 5.05. The summed E-state index contributed by atoms with van der Waals surface area (Å²) in [7, 11) is 1.24. The predicted molar refractivity (Wildman–Crippen MR) is 309 cm³/mol. The molecule has 0 aromatic rings. The lowest BCUT2D eigenvalue weighted by molar-refractivity contribution is -0.142. The van der Waals surface area contributed by atoms with Gasteiger partial charge in [0.1, 0.15) is 18.2 Å². The maximum atomic E-state index is 13.3. The Hall–Kier alpha value is -3.39. The molecule has 0 bridgehead atoms. The summed E-state index contributed by atoms with van der Waals surface area (Å²) in [5.41, 5.74) is 4.07. The van der Waals surface area contributed by atoms with E-state index in [0.717, 1.165) is 38.5 Å². The fourth-order valence-corrected chi connectivity index (χ4v) is 9.70. The van der Waals surface area contributed by atoms with Crippen molar-refractivity contribution in [3.8, 4) is 0 Å². The molecule has 3 unspecified atom stereocenters. The fourth-order valence-electron chi connectivity index (χ4n) is 8.63. The van der Waals surface area contributed by atoms with Crippen LogP contribution in [0.15, 0.2) is 0 Å². The Bertz CT molecular complexity index is 1460. The average Bonchev–Trinajstić information content (AvgIpc) is 3.43. The van der Waals surface area contributed by atoms with Gasteiger partial charge in [-0.05, 0) is 32.1 Å². The van der Waals surface area contributed by atoms with Crippen LogP contribution in [0.2, 0.25) is 0 Å². The molecule has 0 saturated heterocycles. The van der Waals surface area contributed by atoms with E-state index in [1.54, 1.807) is 0 Å². The second-order valence-corrected chi connectivity index (χ2v) is 22.1. The molecule has 0 rings (SSSR count). The summed E-state index contributed by atoms with van der Waals surface area (Å²) in [6.07, 6.45) is 37.0. The third-order valence-electron chi connectivity index (χ3n) is 13.8. The van der Waals surface area contributed by atoms with E-state index < -0.39 is 73.4 Å². The number of hydrogen-bond donors (Lipinski definition) is 9. The Morgan fingerprint density at radius 3 is 1.44 bits per heavy atom. The van der Waals surface area contributed by atoms with E-state index in [0.29, 0.717) is 25.9 Å². The molecule has 18 nitrogen and oxygen atoms in total. The zero-order valence-corrected chi connectivity index (χ0v) is 49.2. The molecule has 10 N–H and O–H groups in total. The second-order valence-electron chi connectivity index (χ2n) is 21.0. The normalized spacial score (nSPS) is 12.6. The van der Waals surface area contributed by atoms with E-state index in [4.69, 9.17) is 15.2 Å². The SMILES string of the molecule is CCCCCCCCCCCCCCCCCNC(=O)OCC(CNC(=O)CCSCC(C[CH]C(=O)NCCCC(N)C(=O)OC)C(=O)NC(CO)(CO)CO)OC(=O)NCCCCCCCCCCCCCCCCC. The van der Waals surface area contributed by atoms with Crippen molar-refractivity contribution in [3.63, 3.8) is 0 Å². The number of rotatable bonds is 55. The topological polar surface area (TPSA) is 277 Å². The van der Waals surface area contributed by atoms with Gasteiger partial charge in [0.2, 0.25) is 17.7 Å². The first kappa shape index (κ1) is 73.6.